The highest BCUT2D eigenvalue weighted by Crippen LogP contribution is 2.14. The quantitative estimate of drug-likeness (QED) is 0.0967. The second-order valence-electron chi connectivity index (χ2n) is 9.82. The molecule has 0 atom stereocenters. The number of ether oxygens (including phenoxy) is 2. The number of hydrogen-bond donors (Lipinski definition) is 0. The molecule has 0 bridgehead atoms. The van der Waals surface area contributed by atoms with Gasteiger partial charge in [-0.1, -0.05) is 78.4 Å². The average molecular weight is 459 g/mol. The van der Waals surface area contributed by atoms with Gasteiger partial charge in [-0.05, 0) is 92.9 Å². The van der Waals surface area contributed by atoms with Crippen LogP contribution in [0.3, 0.4) is 0 Å². The fourth-order valence-electron chi connectivity index (χ4n) is 3.50. The molecule has 0 fully saturated rings. The molecule has 2 heteroatoms. The van der Waals surface area contributed by atoms with Crippen LogP contribution in [0, 0.1) is 0 Å². The topological polar surface area (TPSA) is 18.5 Å². The molecule has 0 saturated carbocycles. The fraction of sp³-hybridized carbons (Fsp3) is 0.677. The van der Waals surface area contributed by atoms with E-state index in [1.54, 1.807) is 0 Å². The molecule has 0 spiro atoms. The first-order chi connectivity index (χ1) is 15.8. The summed E-state index contributed by atoms with van der Waals surface area (Å²) < 4.78 is 12.3. The minimum atomic E-state index is -0.116. The van der Waals surface area contributed by atoms with Crippen LogP contribution in [0.5, 0.6) is 0 Å². The van der Waals surface area contributed by atoms with Crippen LogP contribution < -0.4 is 0 Å². The van der Waals surface area contributed by atoms with Gasteiger partial charge in [0.25, 0.3) is 0 Å². The summed E-state index contributed by atoms with van der Waals surface area (Å²) in [7, 11) is 0. The Morgan fingerprint density at radius 1 is 0.606 bits per heavy atom. The SMILES string of the molecule is C=CCCCCCCCCC(OCC=C(C)CCC=C(C)C)OCC=C(C)CCC=C(C)C. The largest absolute Gasteiger partial charge is 0.349 e. The van der Waals surface area contributed by atoms with Gasteiger partial charge in [-0.2, -0.15) is 0 Å². The molecule has 0 heterocycles. The molecule has 0 aromatic carbocycles. The number of unbranched alkanes of at least 4 members (excludes halogenated alkanes) is 6. The van der Waals surface area contributed by atoms with E-state index in [2.05, 4.69) is 72.4 Å². The smallest absolute Gasteiger partial charge is 0.158 e. The molecule has 0 aliphatic rings. The molecule has 0 amide bonds. The molecule has 0 saturated heterocycles. The predicted octanol–water partition coefficient (Wildman–Crippen LogP) is 10.0. The molecular weight excluding hydrogens is 404 g/mol. The van der Waals surface area contributed by atoms with E-state index in [0.717, 1.165) is 38.5 Å². The normalized spacial score (nSPS) is 13.0. The van der Waals surface area contributed by atoms with Crippen LogP contribution in [0.4, 0.5) is 0 Å². The van der Waals surface area contributed by atoms with Crippen molar-refractivity contribution in [1.29, 1.82) is 0 Å². The third-order valence-electron chi connectivity index (χ3n) is 5.71. The first-order valence-electron chi connectivity index (χ1n) is 13.3. The predicted molar refractivity (Wildman–Crippen MR) is 148 cm³/mol. The van der Waals surface area contributed by atoms with E-state index in [9.17, 15) is 0 Å². The van der Waals surface area contributed by atoms with Crippen LogP contribution in [-0.4, -0.2) is 19.5 Å². The van der Waals surface area contributed by atoms with Crippen LogP contribution >= 0.6 is 0 Å². The van der Waals surface area contributed by atoms with Crippen molar-refractivity contribution in [3.05, 3.63) is 59.3 Å². The van der Waals surface area contributed by atoms with Gasteiger partial charge in [0.15, 0.2) is 6.29 Å². The zero-order valence-corrected chi connectivity index (χ0v) is 22.9. The van der Waals surface area contributed by atoms with Crippen molar-refractivity contribution in [3.63, 3.8) is 0 Å². The lowest BCUT2D eigenvalue weighted by molar-refractivity contribution is -0.131. The molecule has 33 heavy (non-hydrogen) atoms. The average Bonchev–Trinajstić information content (AvgIpc) is 2.74. The lowest BCUT2D eigenvalue weighted by Gasteiger charge is -2.17. The molecule has 0 N–H and O–H groups in total. The van der Waals surface area contributed by atoms with Crippen molar-refractivity contribution >= 4 is 0 Å². The van der Waals surface area contributed by atoms with Crippen molar-refractivity contribution in [2.45, 2.75) is 125 Å². The Balaban J connectivity index is 4.45. The maximum atomic E-state index is 6.13. The van der Waals surface area contributed by atoms with Crippen molar-refractivity contribution in [1.82, 2.24) is 0 Å². The third kappa shape index (κ3) is 23.6. The molecule has 0 aromatic rings. The lowest BCUT2D eigenvalue weighted by Crippen LogP contribution is -2.18. The number of allylic oxidation sites excluding steroid dienone is 7. The highest BCUT2D eigenvalue weighted by molar-refractivity contribution is 5.03. The van der Waals surface area contributed by atoms with Crippen molar-refractivity contribution in [2.24, 2.45) is 0 Å². The standard InChI is InChI=1S/C31H54O2/c1-8-9-10-11-12-13-14-15-22-31(32-25-23-29(6)20-16-18-27(2)3)33-26-24-30(7)21-17-19-28(4)5/h8,18-19,23-24,31H,1,9-17,20-22,25-26H2,2-7H3. The van der Waals surface area contributed by atoms with E-state index < -0.39 is 0 Å². The van der Waals surface area contributed by atoms with Gasteiger partial charge in [0.2, 0.25) is 0 Å². The van der Waals surface area contributed by atoms with Gasteiger partial charge in [0, 0.05) is 0 Å². The van der Waals surface area contributed by atoms with Gasteiger partial charge in [-0.15, -0.1) is 6.58 Å². The maximum Gasteiger partial charge on any atom is 0.158 e. The van der Waals surface area contributed by atoms with Gasteiger partial charge in [-0.3, -0.25) is 0 Å². The second-order valence-corrected chi connectivity index (χ2v) is 9.82. The monoisotopic (exact) mass is 458 g/mol. The highest BCUT2D eigenvalue weighted by atomic mass is 16.7. The van der Waals surface area contributed by atoms with Crippen LogP contribution in [0.15, 0.2) is 59.3 Å². The maximum absolute atomic E-state index is 6.13. The van der Waals surface area contributed by atoms with E-state index in [1.165, 1.54) is 60.8 Å². The van der Waals surface area contributed by atoms with Gasteiger partial charge in [0.05, 0.1) is 13.2 Å². The van der Waals surface area contributed by atoms with Gasteiger partial charge in [-0.25, -0.2) is 0 Å². The van der Waals surface area contributed by atoms with Crippen molar-refractivity contribution < 1.29 is 9.47 Å². The Bertz CT molecular complexity index is 556. The van der Waals surface area contributed by atoms with E-state index >= 15 is 0 Å². The van der Waals surface area contributed by atoms with Crippen LogP contribution in [0.1, 0.15) is 119 Å². The summed E-state index contributed by atoms with van der Waals surface area (Å²) in [6.45, 7) is 18.1. The first-order valence-corrected chi connectivity index (χ1v) is 13.3. The van der Waals surface area contributed by atoms with Gasteiger partial charge >= 0.3 is 0 Å². The Morgan fingerprint density at radius 3 is 1.52 bits per heavy atom. The number of rotatable bonds is 21. The lowest BCUT2D eigenvalue weighted by atomic mass is 10.1. The van der Waals surface area contributed by atoms with Crippen LogP contribution in [0.25, 0.3) is 0 Å². The molecule has 0 radical (unpaired) electrons. The second kappa shape index (κ2) is 22.4. The molecule has 0 aliphatic heterocycles. The molecule has 190 valence electrons. The van der Waals surface area contributed by atoms with E-state index in [-0.39, 0.29) is 6.29 Å². The molecule has 0 unspecified atom stereocenters. The zero-order valence-electron chi connectivity index (χ0n) is 22.9. The zero-order chi connectivity index (χ0) is 24.7. The molecule has 0 aromatic heterocycles. The highest BCUT2D eigenvalue weighted by Gasteiger charge is 2.08. The van der Waals surface area contributed by atoms with E-state index in [1.807, 2.05) is 6.08 Å². The minimum absolute atomic E-state index is 0.116. The third-order valence-corrected chi connectivity index (χ3v) is 5.71. The molecular formula is C31H54O2. The van der Waals surface area contributed by atoms with E-state index in [0.29, 0.717) is 13.2 Å². The summed E-state index contributed by atoms with van der Waals surface area (Å²) in [4.78, 5) is 0. The van der Waals surface area contributed by atoms with Crippen LogP contribution in [-0.2, 0) is 9.47 Å². The summed E-state index contributed by atoms with van der Waals surface area (Å²) in [5, 5.41) is 0. The summed E-state index contributed by atoms with van der Waals surface area (Å²) in [6, 6.07) is 0. The fourth-order valence-corrected chi connectivity index (χ4v) is 3.50. The first kappa shape index (κ1) is 31.6. The van der Waals surface area contributed by atoms with Gasteiger partial charge < -0.3 is 9.47 Å². The summed E-state index contributed by atoms with van der Waals surface area (Å²) >= 11 is 0. The Labute approximate surface area is 206 Å². The van der Waals surface area contributed by atoms with Gasteiger partial charge in [0.1, 0.15) is 0 Å². The summed E-state index contributed by atoms with van der Waals surface area (Å²) in [6.07, 6.45) is 25.1. The van der Waals surface area contributed by atoms with Crippen molar-refractivity contribution in [3.8, 4) is 0 Å². The van der Waals surface area contributed by atoms with E-state index in [4.69, 9.17) is 9.47 Å². The minimum Gasteiger partial charge on any atom is -0.349 e. The number of hydrogen-bond acceptors (Lipinski definition) is 2. The Hall–Kier alpha value is -1.38. The van der Waals surface area contributed by atoms with Crippen molar-refractivity contribution in [2.75, 3.05) is 13.2 Å². The Kier molecular flexibility index (Phi) is 21.5. The molecule has 0 aliphatic carbocycles. The summed E-state index contributed by atoms with van der Waals surface area (Å²) in [5.74, 6) is 0. The Morgan fingerprint density at radius 2 is 1.06 bits per heavy atom. The summed E-state index contributed by atoms with van der Waals surface area (Å²) in [5.41, 5.74) is 5.55. The van der Waals surface area contributed by atoms with Crippen LogP contribution in [0.2, 0.25) is 0 Å². The molecule has 2 nitrogen and oxygen atoms in total. The molecule has 0 rings (SSSR count).